The number of pyridine rings is 1. The predicted octanol–water partition coefficient (Wildman–Crippen LogP) is 4.18. The number of hydrogen-bond donors (Lipinski definition) is 0. The summed E-state index contributed by atoms with van der Waals surface area (Å²) >= 11 is 0. The van der Waals surface area contributed by atoms with Crippen LogP contribution in [0.2, 0.25) is 0 Å². The molecule has 34 heavy (non-hydrogen) atoms. The van der Waals surface area contributed by atoms with Crippen LogP contribution in [0.4, 0.5) is 16.3 Å². The van der Waals surface area contributed by atoms with Crippen molar-refractivity contribution >= 4 is 29.8 Å². The molecule has 0 spiro atoms. The Morgan fingerprint density at radius 1 is 1.21 bits per heavy atom. The van der Waals surface area contributed by atoms with Crippen molar-refractivity contribution in [2.75, 3.05) is 32.1 Å². The molecule has 2 aromatic rings. The van der Waals surface area contributed by atoms with E-state index in [1.807, 2.05) is 81.1 Å². The maximum absolute atomic E-state index is 14.0. The van der Waals surface area contributed by atoms with Gasteiger partial charge in [-0.1, -0.05) is 30.3 Å². The summed E-state index contributed by atoms with van der Waals surface area (Å²) in [4.78, 5) is 41.2. The number of aliphatic imine (C=N–C) groups is 1. The van der Waals surface area contributed by atoms with Crippen molar-refractivity contribution in [2.24, 2.45) is 4.99 Å². The molecular weight excluding hydrogens is 430 g/mol. The molecule has 0 radical (unpaired) electrons. The highest BCUT2D eigenvalue weighted by Gasteiger charge is 2.45. The van der Waals surface area contributed by atoms with E-state index in [1.165, 1.54) is 0 Å². The average molecular weight is 464 g/mol. The van der Waals surface area contributed by atoms with Crippen LogP contribution in [0.5, 0.6) is 0 Å². The molecule has 0 N–H and O–H groups in total. The van der Waals surface area contributed by atoms with Crippen molar-refractivity contribution < 1.29 is 14.3 Å². The molecule has 1 unspecified atom stereocenters. The molecule has 4 rings (SSSR count). The highest BCUT2D eigenvalue weighted by Crippen LogP contribution is 2.46. The molecule has 0 aliphatic carbocycles. The fourth-order valence-electron chi connectivity index (χ4n) is 4.58. The predicted molar refractivity (Wildman–Crippen MR) is 133 cm³/mol. The summed E-state index contributed by atoms with van der Waals surface area (Å²) in [7, 11) is 3.79. The number of nitrogens with zero attached hydrogens (tertiary/aromatic N) is 5. The van der Waals surface area contributed by atoms with Gasteiger partial charge in [-0.25, -0.2) is 14.8 Å². The number of carbonyl (C=O) groups excluding carboxylic acids is 2. The number of benzene rings is 1. The van der Waals surface area contributed by atoms with Crippen molar-refractivity contribution in [3.8, 4) is 0 Å². The van der Waals surface area contributed by atoms with Crippen LogP contribution in [0.3, 0.4) is 0 Å². The van der Waals surface area contributed by atoms with E-state index in [-0.39, 0.29) is 18.0 Å². The average Bonchev–Trinajstić information content (AvgIpc) is 3.09. The molecule has 2 aliphatic heterocycles. The summed E-state index contributed by atoms with van der Waals surface area (Å²) in [6.07, 6.45) is 4.67. The van der Waals surface area contributed by atoms with Crippen LogP contribution in [-0.2, 0) is 9.53 Å². The Kier molecular flexibility index (Phi) is 6.59. The number of ether oxygens (including phenoxy) is 1. The zero-order chi connectivity index (χ0) is 24.5. The van der Waals surface area contributed by atoms with Crippen molar-refractivity contribution in [2.45, 2.75) is 51.2 Å². The molecular formula is C26H33N5O3. The Morgan fingerprint density at radius 3 is 2.62 bits per heavy atom. The van der Waals surface area contributed by atoms with E-state index in [4.69, 9.17) is 4.74 Å². The Hall–Kier alpha value is -3.42. The second-order valence-corrected chi connectivity index (χ2v) is 10.0. The minimum Gasteiger partial charge on any atom is -0.444 e. The van der Waals surface area contributed by atoms with Gasteiger partial charge in [0.25, 0.3) is 0 Å². The molecule has 0 bridgehead atoms. The summed E-state index contributed by atoms with van der Waals surface area (Å²) < 4.78 is 5.60. The standard InChI is InChI=1S/C26H33N5O3/c1-26(2,3)34-25(33)30-15-9-12-19(16-30)31-20-13-14-27-23(28-17-29(4)5)22(20)21(24(31)32)18-10-7-6-8-11-18/h6-8,10-11,13-14,17,19,21H,9,12,15-16H2,1-5H3/t19-,21?/m1/s1. The molecule has 2 aliphatic rings. The van der Waals surface area contributed by atoms with E-state index in [0.29, 0.717) is 18.9 Å². The van der Waals surface area contributed by atoms with Gasteiger partial charge in [0.1, 0.15) is 5.60 Å². The van der Waals surface area contributed by atoms with Gasteiger partial charge in [-0.05, 0) is 45.2 Å². The molecule has 1 aromatic carbocycles. The van der Waals surface area contributed by atoms with E-state index in [2.05, 4.69) is 9.98 Å². The number of amides is 2. The Bertz CT molecular complexity index is 1080. The Labute approximate surface area is 201 Å². The van der Waals surface area contributed by atoms with Crippen LogP contribution in [-0.4, -0.2) is 72.0 Å². The van der Waals surface area contributed by atoms with Gasteiger partial charge < -0.3 is 19.4 Å². The Balaban J connectivity index is 1.72. The summed E-state index contributed by atoms with van der Waals surface area (Å²) in [5.41, 5.74) is 1.97. The fourth-order valence-corrected chi connectivity index (χ4v) is 4.58. The monoisotopic (exact) mass is 463 g/mol. The molecule has 1 fully saturated rings. The van der Waals surface area contributed by atoms with Gasteiger partial charge in [0.15, 0.2) is 5.82 Å². The van der Waals surface area contributed by atoms with Gasteiger partial charge in [-0.3, -0.25) is 4.79 Å². The molecule has 2 atom stereocenters. The second kappa shape index (κ2) is 9.44. The van der Waals surface area contributed by atoms with E-state index in [1.54, 1.807) is 17.4 Å². The van der Waals surface area contributed by atoms with Crippen LogP contribution < -0.4 is 4.90 Å². The van der Waals surface area contributed by atoms with Gasteiger partial charge in [0.2, 0.25) is 5.91 Å². The first-order valence-corrected chi connectivity index (χ1v) is 11.7. The SMILES string of the molecule is CN(C)C=Nc1nccc2c1C(c1ccccc1)C(=O)N2[C@@H]1CCCN(C(=O)OC(C)(C)C)C1. The topological polar surface area (TPSA) is 78.3 Å². The lowest BCUT2D eigenvalue weighted by Crippen LogP contribution is -2.52. The number of carbonyl (C=O) groups is 2. The van der Waals surface area contributed by atoms with Gasteiger partial charge in [-0.15, -0.1) is 0 Å². The quantitative estimate of drug-likeness (QED) is 0.502. The van der Waals surface area contributed by atoms with Gasteiger partial charge >= 0.3 is 6.09 Å². The molecule has 1 aromatic heterocycles. The molecule has 0 saturated carbocycles. The number of rotatable bonds is 4. The van der Waals surface area contributed by atoms with E-state index >= 15 is 0 Å². The minimum atomic E-state index is -0.566. The van der Waals surface area contributed by atoms with E-state index in [0.717, 1.165) is 29.7 Å². The van der Waals surface area contributed by atoms with Crippen LogP contribution in [0.15, 0.2) is 47.6 Å². The van der Waals surface area contributed by atoms with Crippen molar-refractivity contribution in [1.82, 2.24) is 14.8 Å². The zero-order valence-corrected chi connectivity index (χ0v) is 20.6. The normalized spacial score (nSPS) is 20.6. The number of likely N-dealkylation sites (tertiary alicyclic amines) is 1. The molecule has 2 amide bonds. The zero-order valence-electron chi connectivity index (χ0n) is 20.6. The molecule has 1 saturated heterocycles. The number of anilines is 1. The number of fused-ring (bicyclic) bond motifs is 1. The fraction of sp³-hybridized carbons (Fsp3) is 0.462. The number of aromatic nitrogens is 1. The first kappa shape index (κ1) is 23.7. The summed E-state index contributed by atoms with van der Waals surface area (Å²) in [6.45, 7) is 6.64. The first-order chi connectivity index (χ1) is 16.2. The second-order valence-electron chi connectivity index (χ2n) is 10.0. The smallest absolute Gasteiger partial charge is 0.410 e. The summed E-state index contributed by atoms with van der Waals surface area (Å²) in [5, 5.41) is 0. The molecule has 3 heterocycles. The third-order valence-corrected chi connectivity index (χ3v) is 5.94. The summed E-state index contributed by atoms with van der Waals surface area (Å²) in [5.74, 6) is 0.0402. The summed E-state index contributed by atoms with van der Waals surface area (Å²) in [6, 6.07) is 11.5. The largest absolute Gasteiger partial charge is 0.444 e. The molecule has 180 valence electrons. The molecule has 8 nitrogen and oxygen atoms in total. The van der Waals surface area contributed by atoms with E-state index < -0.39 is 11.5 Å². The third kappa shape index (κ3) is 4.90. The number of hydrogen-bond acceptors (Lipinski definition) is 5. The highest BCUT2D eigenvalue weighted by molar-refractivity contribution is 6.09. The van der Waals surface area contributed by atoms with Crippen molar-refractivity contribution in [3.63, 3.8) is 0 Å². The van der Waals surface area contributed by atoms with Crippen LogP contribution >= 0.6 is 0 Å². The molecule has 8 heteroatoms. The lowest BCUT2D eigenvalue weighted by atomic mass is 9.93. The first-order valence-electron chi connectivity index (χ1n) is 11.7. The van der Waals surface area contributed by atoms with Crippen LogP contribution in [0, 0.1) is 0 Å². The number of piperidine rings is 1. The van der Waals surface area contributed by atoms with Gasteiger partial charge in [0, 0.05) is 38.9 Å². The lowest BCUT2D eigenvalue weighted by Gasteiger charge is -2.38. The lowest BCUT2D eigenvalue weighted by molar-refractivity contribution is -0.119. The maximum Gasteiger partial charge on any atom is 0.410 e. The van der Waals surface area contributed by atoms with Crippen LogP contribution in [0.25, 0.3) is 0 Å². The van der Waals surface area contributed by atoms with Crippen molar-refractivity contribution in [3.05, 3.63) is 53.7 Å². The van der Waals surface area contributed by atoms with Crippen molar-refractivity contribution in [1.29, 1.82) is 0 Å². The van der Waals surface area contributed by atoms with Gasteiger partial charge in [-0.2, -0.15) is 0 Å². The minimum absolute atomic E-state index is 0.00783. The highest BCUT2D eigenvalue weighted by atomic mass is 16.6. The Morgan fingerprint density at radius 2 is 1.94 bits per heavy atom. The van der Waals surface area contributed by atoms with E-state index in [9.17, 15) is 9.59 Å². The van der Waals surface area contributed by atoms with Crippen LogP contribution in [0.1, 0.15) is 50.7 Å². The maximum atomic E-state index is 14.0. The third-order valence-electron chi connectivity index (χ3n) is 5.94. The van der Waals surface area contributed by atoms with Gasteiger partial charge in [0.05, 0.1) is 24.0 Å².